The van der Waals surface area contributed by atoms with Gasteiger partial charge in [0.25, 0.3) is 0 Å². The van der Waals surface area contributed by atoms with Gasteiger partial charge in [0.2, 0.25) is 11.8 Å². The number of carbonyl (C=O) groups is 1. The lowest BCUT2D eigenvalue weighted by Gasteiger charge is -2.43. The molecule has 9 nitrogen and oxygen atoms in total. The topological polar surface area (TPSA) is 85.3 Å². The van der Waals surface area contributed by atoms with Crippen molar-refractivity contribution in [3.63, 3.8) is 0 Å². The molecule has 2 saturated heterocycles. The van der Waals surface area contributed by atoms with Crippen LogP contribution in [0.1, 0.15) is 58.6 Å². The summed E-state index contributed by atoms with van der Waals surface area (Å²) < 4.78 is 5.76. The SMILES string of the molecule is Cc1cc(NC2CC(C)C=C3CCN(c4cnc5c(c4C)NCCO5)CC3=N2)ccc1CC(=O)N1CCN(C2CCC2)CC1.[HH].[HH]. The van der Waals surface area contributed by atoms with Crippen molar-refractivity contribution in [3.8, 4) is 5.88 Å². The Morgan fingerprint density at radius 1 is 1.16 bits per heavy atom. The second-order valence-corrected chi connectivity index (χ2v) is 13.4. The van der Waals surface area contributed by atoms with E-state index < -0.39 is 0 Å². The molecule has 1 aromatic heterocycles. The third-order valence-electron chi connectivity index (χ3n) is 10.3. The first-order valence-corrected chi connectivity index (χ1v) is 16.7. The van der Waals surface area contributed by atoms with E-state index in [0.29, 0.717) is 24.8 Å². The molecule has 1 saturated carbocycles. The van der Waals surface area contributed by atoms with Crippen LogP contribution in [0.3, 0.4) is 0 Å². The van der Waals surface area contributed by atoms with Crippen LogP contribution in [0.15, 0.2) is 41.0 Å². The molecule has 9 heteroatoms. The van der Waals surface area contributed by atoms with Gasteiger partial charge in [-0.3, -0.25) is 14.7 Å². The van der Waals surface area contributed by atoms with Crippen molar-refractivity contribution in [2.45, 2.75) is 71.5 Å². The molecule has 2 N–H and O–H groups in total. The van der Waals surface area contributed by atoms with Gasteiger partial charge in [-0.05, 0) is 74.3 Å². The zero-order chi connectivity index (χ0) is 30.2. The number of hydrogen-bond acceptors (Lipinski definition) is 8. The van der Waals surface area contributed by atoms with Crippen molar-refractivity contribution in [2.75, 3.05) is 68.0 Å². The smallest absolute Gasteiger partial charge is 0.237 e. The van der Waals surface area contributed by atoms with Crippen LogP contribution >= 0.6 is 0 Å². The monoisotopic (exact) mass is 601 g/mol. The fraction of sp³-hybridized carbons (Fsp3) is 0.571. The molecule has 1 aromatic carbocycles. The normalized spacial score (nSPS) is 24.1. The number of aromatic nitrogens is 1. The Labute approximate surface area is 264 Å². The van der Waals surface area contributed by atoms with Crippen LogP contribution in [0, 0.1) is 19.8 Å². The maximum Gasteiger partial charge on any atom is 0.237 e. The Morgan fingerprint density at radius 3 is 2.77 bits per heavy atom. The Kier molecular flexibility index (Phi) is 8.23. The van der Waals surface area contributed by atoms with E-state index in [-0.39, 0.29) is 14.9 Å². The summed E-state index contributed by atoms with van der Waals surface area (Å²) in [5.74, 6) is 1.39. The van der Waals surface area contributed by atoms with Crippen LogP contribution in [-0.2, 0) is 11.2 Å². The zero-order valence-electron chi connectivity index (χ0n) is 26.6. The molecule has 7 rings (SSSR count). The number of pyridine rings is 1. The minimum atomic E-state index is -0.00892. The summed E-state index contributed by atoms with van der Waals surface area (Å²) in [4.78, 5) is 30.1. The average molecular weight is 602 g/mol. The van der Waals surface area contributed by atoms with Gasteiger partial charge >= 0.3 is 0 Å². The Bertz CT molecular complexity index is 1470. The Morgan fingerprint density at radius 2 is 2.00 bits per heavy atom. The number of aryl methyl sites for hydroxylation is 1. The molecule has 1 aliphatic carbocycles. The Hall–Kier alpha value is -3.59. The highest BCUT2D eigenvalue weighted by Crippen LogP contribution is 2.36. The van der Waals surface area contributed by atoms with E-state index in [2.05, 4.69) is 75.4 Å². The van der Waals surface area contributed by atoms with Crippen LogP contribution < -0.4 is 20.3 Å². The molecule has 2 atom stereocenters. The molecule has 5 aliphatic rings. The number of piperidine rings is 1. The highest BCUT2D eigenvalue weighted by molar-refractivity contribution is 6.05. The molecule has 0 spiro atoms. The number of piperazine rings is 1. The maximum atomic E-state index is 13.2. The van der Waals surface area contributed by atoms with Gasteiger partial charge in [-0.1, -0.05) is 25.5 Å². The van der Waals surface area contributed by atoms with E-state index >= 15 is 0 Å². The van der Waals surface area contributed by atoms with E-state index in [1.807, 2.05) is 6.20 Å². The van der Waals surface area contributed by atoms with E-state index in [9.17, 15) is 4.79 Å². The highest BCUT2D eigenvalue weighted by Gasteiger charge is 2.30. The minimum Gasteiger partial charge on any atom is -0.474 e. The molecule has 3 fully saturated rings. The number of fused-ring (bicyclic) bond motifs is 2. The molecule has 5 heterocycles. The first-order chi connectivity index (χ1) is 21.4. The molecule has 1 amide bonds. The predicted octanol–water partition coefficient (Wildman–Crippen LogP) is 5.29. The second kappa shape index (κ2) is 12.4. The summed E-state index contributed by atoms with van der Waals surface area (Å²) in [6, 6.07) is 7.20. The summed E-state index contributed by atoms with van der Waals surface area (Å²) in [5, 5.41) is 7.20. The third kappa shape index (κ3) is 6.03. The van der Waals surface area contributed by atoms with Gasteiger partial charge in [0.05, 0.1) is 30.6 Å². The molecule has 4 aliphatic heterocycles. The Balaban J connectivity index is 0.00000208. The van der Waals surface area contributed by atoms with Crippen molar-refractivity contribution in [1.29, 1.82) is 0 Å². The fourth-order valence-corrected chi connectivity index (χ4v) is 7.43. The fourth-order valence-electron chi connectivity index (χ4n) is 7.43. The van der Waals surface area contributed by atoms with Crippen LogP contribution in [0.2, 0.25) is 0 Å². The number of nitrogens with zero attached hydrogens (tertiary/aromatic N) is 5. The van der Waals surface area contributed by atoms with Gasteiger partial charge in [-0.2, -0.15) is 0 Å². The summed E-state index contributed by atoms with van der Waals surface area (Å²) in [6.07, 6.45) is 10.8. The summed E-state index contributed by atoms with van der Waals surface area (Å²) in [6.45, 7) is 13.5. The molecule has 2 unspecified atom stereocenters. The number of hydrogen-bond donors (Lipinski definition) is 2. The van der Waals surface area contributed by atoms with Gasteiger partial charge in [-0.15, -0.1) is 0 Å². The summed E-state index contributed by atoms with van der Waals surface area (Å²) in [7, 11) is 0. The molecule has 2 aromatic rings. The first kappa shape index (κ1) is 29.1. The van der Waals surface area contributed by atoms with Gasteiger partial charge < -0.3 is 25.2 Å². The van der Waals surface area contributed by atoms with Gasteiger partial charge in [0.1, 0.15) is 18.5 Å². The average Bonchev–Trinajstić information content (AvgIpc) is 3.15. The number of ether oxygens (including phenoxy) is 1. The highest BCUT2D eigenvalue weighted by atomic mass is 16.5. The number of amides is 1. The standard InChI is InChI=1S/C35H47N7O2.2H2/c1-23-17-27-9-11-42(31-21-37-35-34(25(31)3)36-10-16-44-35)22-30(27)39-32(18-23)38-28-8-7-26(24(2)19-28)20-33(43)41-14-12-40(13-15-41)29-5-4-6-29;;/h7-8,17,19,21,23,29,32,36,38H,4-6,9-16,18,20,22H2,1-3H3;2*1H. The van der Waals surface area contributed by atoms with Crippen LogP contribution in [0.4, 0.5) is 17.1 Å². The number of carbonyl (C=O) groups excluding carboxylic acids is 1. The van der Waals surface area contributed by atoms with Crippen molar-refractivity contribution in [3.05, 3.63) is 52.7 Å². The molecule has 44 heavy (non-hydrogen) atoms. The van der Waals surface area contributed by atoms with E-state index in [0.717, 1.165) is 98.6 Å². The largest absolute Gasteiger partial charge is 0.474 e. The van der Waals surface area contributed by atoms with Crippen molar-refractivity contribution in [1.82, 2.24) is 14.8 Å². The number of allylic oxidation sites excluding steroid dienone is 1. The molecular formula is C35H51N7O2. The van der Waals surface area contributed by atoms with Crippen molar-refractivity contribution >= 4 is 28.7 Å². The molecule has 0 bridgehead atoms. The van der Waals surface area contributed by atoms with E-state index in [4.69, 9.17) is 9.73 Å². The quantitative estimate of drug-likeness (QED) is 0.466. The minimum absolute atomic E-state index is 0. The summed E-state index contributed by atoms with van der Waals surface area (Å²) >= 11 is 0. The van der Waals surface area contributed by atoms with Crippen molar-refractivity contribution < 1.29 is 12.4 Å². The van der Waals surface area contributed by atoms with E-state index in [1.54, 1.807) is 0 Å². The van der Waals surface area contributed by atoms with Gasteiger partial charge in [0.15, 0.2) is 0 Å². The van der Waals surface area contributed by atoms with Crippen LogP contribution in [-0.4, -0.2) is 91.0 Å². The van der Waals surface area contributed by atoms with Gasteiger partial charge in [0, 0.05) is 59.4 Å². The molecule has 0 radical (unpaired) electrons. The van der Waals surface area contributed by atoms with E-state index in [1.165, 1.54) is 30.4 Å². The number of aliphatic imine (C=N–C) groups is 1. The molecule has 238 valence electrons. The van der Waals surface area contributed by atoms with Gasteiger partial charge in [-0.25, -0.2) is 4.98 Å². The number of rotatable bonds is 6. The van der Waals surface area contributed by atoms with Crippen molar-refractivity contribution in [2.24, 2.45) is 10.9 Å². The molecular weight excluding hydrogens is 550 g/mol. The lowest BCUT2D eigenvalue weighted by Crippen LogP contribution is -2.53. The number of benzene rings is 1. The predicted molar refractivity (Wildman–Crippen MR) is 181 cm³/mol. The summed E-state index contributed by atoms with van der Waals surface area (Å²) in [5.41, 5.74) is 9.21. The van der Waals surface area contributed by atoms with Crippen LogP contribution in [0.25, 0.3) is 0 Å². The number of anilines is 3. The third-order valence-corrected chi connectivity index (χ3v) is 10.3. The number of nitrogens with one attached hydrogen (secondary N) is 2. The second-order valence-electron chi connectivity index (χ2n) is 13.4. The lowest BCUT2D eigenvalue weighted by molar-refractivity contribution is -0.132. The van der Waals surface area contributed by atoms with Crippen LogP contribution in [0.5, 0.6) is 5.88 Å². The zero-order valence-corrected chi connectivity index (χ0v) is 26.6. The first-order valence-electron chi connectivity index (χ1n) is 16.7. The maximum absolute atomic E-state index is 13.2. The lowest BCUT2D eigenvalue weighted by atomic mass is 9.91.